The fourth-order valence-corrected chi connectivity index (χ4v) is 3.13. The molecule has 29 heavy (non-hydrogen) atoms. The van der Waals surface area contributed by atoms with E-state index in [4.69, 9.17) is 4.74 Å². The zero-order valence-electron chi connectivity index (χ0n) is 16.4. The summed E-state index contributed by atoms with van der Waals surface area (Å²) in [4.78, 5) is 25.8. The molecule has 0 spiro atoms. The van der Waals surface area contributed by atoms with Gasteiger partial charge >= 0.3 is 0 Å². The second kappa shape index (κ2) is 9.02. The molecule has 1 aliphatic rings. The average Bonchev–Trinajstić information content (AvgIpc) is 3.20. The lowest BCUT2D eigenvalue weighted by molar-refractivity contribution is 0.0652. The minimum Gasteiger partial charge on any atom is -0.481 e. The molecule has 1 saturated heterocycles. The van der Waals surface area contributed by atoms with Gasteiger partial charge in [0.2, 0.25) is 11.7 Å². The van der Waals surface area contributed by atoms with Crippen LogP contribution in [0.15, 0.2) is 48.7 Å². The molecule has 1 aliphatic heterocycles. The van der Waals surface area contributed by atoms with Crippen molar-refractivity contribution < 1.29 is 9.53 Å². The van der Waals surface area contributed by atoms with E-state index in [-0.39, 0.29) is 24.1 Å². The van der Waals surface area contributed by atoms with E-state index in [9.17, 15) is 4.79 Å². The summed E-state index contributed by atoms with van der Waals surface area (Å²) in [7, 11) is 3.62. The van der Waals surface area contributed by atoms with Crippen molar-refractivity contribution in [3.63, 3.8) is 0 Å². The van der Waals surface area contributed by atoms with Gasteiger partial charge in [-0.25, -0.2) is 14.6 Å². The number of halogens is 1. The third-order valence-electron chi connectivity index (χ3n) is 4.80. The first-order valence-electron chi connectivity index (χ1n) is 9.16. The summed E-state index contributed by atoms with van der Waals surface area (Å²) in [6.07, 6.45) is 1.66. The molecule has 2 aromatic heterocycles. The first kappa shape index (κ1) is 20.8. The van der Waals surface area contributed by atoms with Gasteiger partial charge < -0.3 is 14.5 Å². The molecule has 0 N–H and O–H groups in total. The van der Waals surface area contributed by atoms with Gasteiger partial charge in [-0.1, -0.05) is 30.3 Å². The number of likely N-dealkylation sites (N-methyl/N-ethyl adjacent to an activating group) is 1. The summed E-state index contributed by atoms with van der Waals surface area (Å²) < 4.78 is 6.79. The third kappa shape index (κ3) is 4.38. The van der Waals surface area contributed by atoms with E-state index < -0.39 is 0 Å². The van der Waals surface area contributed by atoms with Crippen LogP contribution in [0.2, 0.25) is 0 Å². The number of carbonyl (C=O) groups is 1. The Morgan fingerprint density at radius 1 is 1.03 bits per heavy atom. The molecule has 1 amide bonds. The quantitative estimate of drug-likeness (QED) is 0.651. The summed E-state index contributed by atoms with van der Waals surface area (Å²) >= 11 is 0. The van der Waals surface area contributed by atoms with Crippen LogP contribution >= 0.6 is 12.4 Å². The number of methoxy groups -OCH3 is 1. The van der Waals surface area contributed by atoms with Gasteiger partial charge in [-0.05, 0) is 13.1 Å². The lowest BCUT2D eigenvalue weighted by Crippen LogP contribution is -2.47. The molecule has 3 heterocycles. The van der Waals surface area contributed by atoms with Gasteiger partial charge in [0.25, 0.3) is 5.91 Å². The van der Waals surface area contributed by atoms with Crippen LogP contribution < -0.4 is 4.74 Å². The summed E-state index contributed by atoms with van der Waals surface area (Å²) in [5.74, 6) is 1.16. The van der Waals surface area contributed by atoms with Gasteiger partial charge in [-0.3, -0.25) is 4.79 Å². The number of hydrogen-bond donors (Lipinski definition) is 0. The molecule has 4 rings (SSSR count). The molecular formula is C20H23ClN6O2. The standard InChI is InChI=1S/C20H22N6O2.ClH/c1-24-10-12-25(13-11-24)20(27)18-22-19(15-6-4-3-5-7-15)26(23-18)16-8-9-17(28-2)21-14-16;/h3-9,14H,10-13H2,1-2H3;1H. The molecule has 0 unspecified atom stereocenters. The van der Waals surface area contributed by atoms with E-state index in [2.05, 4.69) is 27.0 Å². The molecule has 152 valence electrons. The van der Waals surface area contributed by atoms with Crippen molar-refractivity contribution in [2.45, 2.75) is 0 Å². The summed E-state index contributed by atoms with van der Waals surface area (Å²) in [5.41, 5.74) is 1.59. The van der Waals surface area contributed by atoms with E-state index in [1.54, 1.807) is 29.0 Å². The molecular weight excluding hydrogens is 392 g/mol. The fraction of sp³-hybridized carbons (Fsp3) is 0.300. The van der Waals surface area contributed by atoms with E-state index >= 15 is 0 Å². The van der Waals surface area contributed by atoms with Crippen LogP contribution in [0.3, 0.4) is 0 Å². The minimum atomic E-state index is -0.148. The Labute approximate surface area is 175 Å². The van der Waals surface area contributed by atoms with E-state index in [1.165, 1.54) is 0 Å². The molecule has 8 nitrogen and oxygen atoms in total. The van der Waals surface area contributed by atoms with Crippen LogP contribution in [0.5, 0.6) is 5.88 Å². The highest BCUT2D eigenvalue weighted by Gasteiger charge is 2.25. The van der Waals surface area contributed by atoms with Crippen molar-refractivity contribution in [1.82, 2.24) is 29.5 Å². The van der Waals surface area contributed by atoms with Crippen molar-refractivity contribution in [1.29, 1.82) is 0 Å². The van der Waals surface area contributed by atoms with Crippen molar-refractivity contribution in [3.05, 3.63) is 54.5 Å². The summed E-state index contributed by atoms with van der Waals surface area (Å²) in [6.45, 7) is 3.05. The van der Waals surface area contributed by atoms with Crippen molar-refractivity contribution >= 4 is 18.3 Å². The number of benzene rings is 1. The van der Waals surface area contributed by atoms with Crippen LogP contribution in [0.4, 0.5) is 0 Å². The molecule has 0 radical (unpaired) electrons. The molecule has 1 fully saturated rings. The van der Waals surface area contributed by atoms with Gasteiger partial charge in [0.15, 0.2) is 5.82 Å². The largest absolute Gasteiger partial charge is 0.481 e. The summed E-state index contributed by atoms with van der Waals surface area (Å²) in [6, 6.07) is 13.3. The molecule has 0 atom stereocenters. The lowest BCUT2D eigenvalue weighted by atomic mass is 10.2. The van der Waals surface area contributed by atoms with Crippen molar-refractivity contribution in [2.24, 2.45) is 0 Å². The first-order chi connectivity index (χ1) is 13.7. The minimum absolute atomic E-state index is 0. The molecule has 1 aromatic carbocycles. The number of aromatic nitrogens is 4. The van der Waals surface area contributed by atoms with Crippen LogP contribution in [0.1, 0.15) is 10.6 Å². The Bertz CT molecular complexity index is 953. The van der Waals surface area contributed by atoms with Gasteiger partial charge in [0.1, 0.15) is 0 Å². The Hall–Kier alpha value is -2.97. The van der Waals surface area contributed by atoms with Crippen LogP contribution in [0.25, 0.3) is 17.1 Å². The second-order valence-electron chi connectivity index (χ2n) is 6.69. The zero-order chi connectivity index (χ0) is 19.5. The Balaban J connectivity index is 0.00000240. The number of amides is 1. The van der Waals surface area contributed by atoms with Gasteiger partial charge in [0, 0.05) is 37.8 Å². The monoisotopic (exact) mass is 414 g/mol. The highest BCUT2D eigenvalue weighted by atomic mass is 35.5. The number of pyridine rings is 1. The molecule has 0 bridgehead atoms. The average molecular weight is 415 g/mol. The van der Waals surface area contributed by atoms with Gasteiger partial charge in [-0.15, -0.1) is 17.5 Å². The normalized spacial score (nSPS) is 14.3. The number of rotatable bonds is 4. The Morgan fingerprint density at radius 2 is 1.76 bits per heavy atom. The van der Waals surface area contributed by atoms with Crippen LogP contribution in [0, 0.1) is 0 Å². The highest BCUT2D eigenvalue weighted by Crippen LogP contribution is 2.22. The first-order valence-corrected chi connectivity index (χ1v) is 9.16. The number of nitrogens with zero attached hydrogens (tertiary/aromatic N) is 6. The Morgan fingerprint density at radius 3 is 2.38 bits per heavy atom. The summed E-state index contributed by atoms with van der Waals surface area (Å²) in [5, 5.41) is 4.53. The van der Waals surface area contributed by atoms with Gasteiger partial charge in [0.05, 0.1) is 19.0 Å². The maximum absolute atomic E-state index is 13.0. The lowest BCUT2D eigenvalue weighted by Gasteiger charge is -2.31. The molecule has 3 aromatic rings. The fourth-order valence-electron chi connectivity index (χ4n) is 3.13. The van der Waals surface area contributed by atoms with Crippen LogP contribution in [-0.4, -0.2) is 75.8 Å². The number of hydrogen-bond acceptors (Lipinski definition) is 6. The van der Waals surface area contributed by atoms with Crippen molar-refractivity contribution in [2.75, 3.05) is 40.3 Å². The third-order valence-corrected chi connectivity index (χ3v) is 4.80. The number of piperazine rings is 1. The second-order valence-corrected chi connectivity index (χ2v) is 6.69. The highest BCUT2D eigenvalue weighted by molar-refractivity contribution is 5.91. The SMILES string of the molecule is COc1ccc(-n2nc(C(=O)N3CCN(C)CC3)nc2-c2ccccc2)cn1.Cl. The molecule has 9 heteroatoms. The smallest absolute Gasteiger partial charge is 0.293 e. The number of ether oxygens (including phenoxy) is 1. The van der Waals surface area contributed by atoms with E-state index in [0.717, 1.165) is 18.7 Å². The number of carbonyl (C=O) groups excluding carboxylic acids is 1. The van der Waals surface area contributed by atoms with Crippen LogP contribution in [-0.2, 0) is 0 Å². The molecule has 0 aliphatic carbocycles. The predicted molar refractivity (Wildman–Crippen MR) is 112 cm³/mol. The maximum atomic E-state index is 13.0. The zero-order valence-corrected chi connectivity index (χ0v) is 17.2. The topological polar surface area (TPSA) is 76.4 Å². The maximum Gasteiger partial charge on any atom is 0.293 e. The Kier molecular flexibility index (Phi) is 6.46. The van der Waals surface area contributed by atoms with E-state index in [0.29, 0.717) is 30.5 Å². The van der Waals surface area contributed by atoms with Gasteiger partial charge in [-0.2, -0.15) is 0 Å². The van der Waals surface area contributed by atoms with Crippen molar-refractivity contribution in [3.8, 4) is 23.0 Å². The predicted octanol–water partition coefficient (Wildman–Crippen LogP) is 2.15. The van der Waals surface area contributed by atoms with E-state index in [1.807, 2.05) is 36.4 Å². The molecule has 0 saturated carbocycles.